The van der Waals surface area contributed by atoms with Crippen molar-refractivity contribution in [1.82, 2.24) is 19.9 Å². The molecule has 1 aliphatic heterocycles. The van der Waals surface area contributed by atoms with Gasteiger partial charge in [0.2, 0.25) is 5.95 Å². The van der Waals surface area contributed by atoms with Crippen molar-refractivity contribution in [3.8, 4) is 0 Å². The molecular formula is C18H26N6O. The summed E-state index contributed by atoms with van der Waals surface area (Å²) < 4.78 is 0. The Morgan fingerprint density at radius 1 is 1.16 bits per heavy atom. The largest absolute Gasteiger partial charge is 0.390 e. The number of fused-ring (bicyclic) bond motifs is 1. The number of likely N-dealkylation sites (tertiary alicyclic amines) is 1. The molecule has 0 radical (unpaired) electrons. The van der Waals surface area contributed by atoms with Crippen molar-refractivity contribution in [3.05, 3.63) is 17.3 Å². The standard InChI is InChI=1S/C18H26N6O/c1-10-7-11(2)20-17-15(10)16(19-3)22-18(23-17)21-13-8-24(9-14(13)25)12-5-4-6-12/h7,12-14,25H,4-6,8-9H2,1-3H3,(H2,19,20,21,22,23). The van der Waals surface area contributed by atoms with E-state index in [1.807, 2.05) is 27.0 Å². The number of hydrogen-bond acceptors (Lipinski definition) is 7. The topological polar surface area (TPSA) is 86.2 Å². The van der Waals surface area contributed by atoms with Gasteiger partial charge in [0.15, 0.2) is 5.65 Å². The lowest BCUT2D eigenvalue weighted by molar-refractivity contribution is 0.123. The van der Waals surface area contributed by atoms with Crippen LogP contribution in [0, 0.1) is 13.8 Å². The molecule has 0 bridgehead atoms. The third kappa shape index (κ3) is 3.02. The van der Waals surface area contributed by atoms with Gasteiger partial charge in [-0.3, -0.25) is 4.90 Å². The fourth-order valence-corrected chi connectivity index (χ4v) is 3.90. The first-order valence-corrected chi connectivity index (χ1v) is 9.07. The van der Waals surface area contributed by atoms with Gasteiger partial charge >= 0.3 is 0 Å². The molecule has 0 amide bonds. The highest BCUT2D eigenvalue weighted by Crippen LogP contribution is 2.29. The SMILES string of the molecule is CNc1nc(NC2CN(C3CCC3)CC2O)nc2nc(C)cc(C)c12. The van der Waals surface area contributed by atoms with Crippen LogP contribution in [0.2, 0.25) is 0 Å². The summed E-state index contributed by atoms with van der Waals surface area (Å²) in [5, 5.41) is 17.9. The van der Waals surface area contributed by atoms with E-state index < -0.39 is 6.10 Å². The van der Waals surface area contributed by atoms with E-state index in [1.54, 1.807) is 0 Å². The van der Waals surface area contributed by atoms with Crippen molar-refractivity contribution < 1.29 is 5.11 Å². The Labute approximate surface area is 147 Å². The minimum atomic E-state index is -0.398. The van der Waals surface area contributed by atoms with Crippen LogP contribution in [0.3, 0.4) is 0 Å². The monoisotopic (exact) mass is 342 g/mol. The van der Waals surface area contributed by atoms with Crippen LogP contribution < -0.4 is 10.6 Å². The molecule has 1 saturated heterocycles. The second-order valence-corrected chi connectivity index (χ2v) is 7.28. The third-order valence-corrected chi connectivity index (χ3v) is 5.45. The Kier molecular flexibility index (Phi) is 4.21. The normalized spacial score (nSPS) is 24.5. The maximum atomic E-state index is 10.4. The molecule has 7 nitrogen and oxygen atoms in total. The lowest BCUT2D eigenvalue weighted by Gasteiger charge is -2.34. The first kappa shape index (κ1) is 16.5. The Bertz CT molecular complexity index is 791. The summed E-state index contributed by atoms with van der Waals surface area (Å²) in [5.41, 5.74) is 2.73. The molecule has 0 aromatic carbocycles. The van der Waals surface area contributed by atoms with E-state index in [0.717, 1.165) is 35.6 Å². The number of nitrogens with zero attached hydrogens (tertiary/aromatic N) is 4. The van der Waals surface area contributed by atoms with Crippen molar-refractivity contribution in [2.45, 2.75) is 51.3 Å². The molecule has 2 aromatic heterocycles. The van der Waals surface area contributed by atoms with Gasteiger partial charge in [-0.15, -0.1) is 0 Å². The van der Waals surface area contributed by atoms with Crippen LogP contribution >= 0.6 is 0 Å². The van der Waals surface area contributed by atoms with E-state index in [2.05, 4.69) is 30.5 Å². The lowest BCUT2D eigenvalue weighted by Crippen LogP contribution is -2.39. The molecule has 2 aromatic rings. The maximum absolute atomic E-state index is 10.4. The average Bonchev–Trinajstić information content (AvgIpc) is 2.84. The second-order valence-electron chi connectivity index (χ2n) is 7.28. The highest BCUT2D eigenvalue weighted by molar-refractivity contribution is 5.90. The quantitative estimate of drug-likeness (QED) is 0.779. The van der Waals surface area contributed by atoms with E-state index in [9.17, 15) is 5.11 Å². The molecule has 2 atom stereocenters. The summed E-state index contributed by atoms with van der Waals surface area (Å²) in [6.07, 6.45) is 3.40. The van der Waals surface area contributed by atoms with Gasteiger partial charge in [0.25, 0.3) is 0 Å². The number of nitrogens with one attached hydrogen (secondary N) is 2. The Balaban J connectivity index is 1.61. The number of hydrogen-bond donors (Lipinski definition) is 3. The summed E-state index contributed by atoms with van der Waals surface area (Å²) in [7, 11) is 1.85. The summed E-state index contributed by atoms with van der Waals surface area (Å²) in [6, 6.07) is 2.63. The molecule has 2 fully saturated rings. The molecule has 1 aliphatic carbocycles. The van der Waals surface area contributed by atoms with Crippen LogP contribution in [-0.2, 0) is 0 Å². The van der Waals surface area contributed by atoms with Gasteiger partial charge in [0.1, 0.15) is 5.82 Å². The van der Waals surface area contributed by atoms with Crippen LogP contribution in [0.1, 0.15) is 30.5 Å². The molecule has 4 rings (SSSR count). The first-order chi connectivity index (χ1) is 12.0. The zero-order valence-electron chi connectivity index (χ0n) is 15.1. The zero-order valence-corrected chi connectivity index (χ0v) is 15.1. The predicted molar refractivity (Wildman–Crippen MR) is 99.0 cm³/mol. The number of anilines is 2. The van der Waals surface area contributed by atoms with Gasteiger partial charge in [-0.05, 0) is 38.3 Å². The average molecular weight is 342 g/mol. The van der Waals surface area contributed by atoms with Crippen molar-refractivity contribution in [2.75, 3.05) is 30.8 Å². The lowest BCUT2D eigenvalue weighted by atomic mass is 9.92. The molecule has 134 valence electrons. The van der Waals surface area contributed by atoms with Crippen LogP contribution in [0.15, 0.2) is 6.07 Å². The highest BCUT2D eigenvalue weighted by Gasteiger charge is 2.37. The first-order valence-electron chi connectivity index (χ1n) is 9.07. The number of aliphatic hydroxyl groups is 1. The van der Waals surface area contributed by atoms with Crippen LogP contribution in [0.5, 0.6) is 0 Å². The number of aliphatic hydroxyl groups excluding tert-OH is 1. The maximum Gasteiger partial charge on any atom is 0.227 e. The number of aromatic nitrogens is 3. The molecule has 3 N–H and O–H groups in total. The van der Waals surface area contributed by atoms with Gasteiger partial charge in [0, 0.05) is 31.9 Å². The molecule has 25 heavy (non-hydrogen) atoms. The fourth-order valence-electron chi connectivity index (χ4n) is 3.90. The number of pyridine rings is 1. The number of aryl methyl sites for hydroxylation is 2. The van der Waals surface area contributed by atoms with Gasteiger partial charge in [-0.1, -0.05) is 6.42 Å². The highest BCUT2D eigenvalue weighted by atomic mass is 16.3. The van der Waals surface area contributed by atoms with Crippen molar-refractivity contribution in [1.29, 1.82) is 0 Å². The molecule has 2 unspecified atom stereocenters. The minimum Gasteiger partial charge on any atom is -0.390 e. The fraction of sp³-hybridized carbons (Fsp3) is 0.611. The molecule has 2 aliphatic rings. The van der Waals surface area contributed by atoms with E-state index >= 15 is 0 Å². The molecule has 0 spiro atoms. The number of β-amino-alcohol motifs (C(OH)–C–C–N with tert-alkyl or cyclic N) is 1. The Hall–Kier alpha value is -1.99. The van der Waals surface area contributed by atoms with Crippen LogP contribution in [-0.4, -0.2) is 63.3 Å². The summed E-state index contributed by atoms with van der Waals surface area (Å²) in [5.74, 6) is 1.29. The molecular weight excluding hydrogens is 316 g/mol. The summed E-state index contributed by atoms with van der Waals surface area (Å²) >= 11 is 0. The van der Waals surface area contributed by atoms with Crippen molar-refractivity contribution >= 4 is 22.8 Å². The zero-order chi connectivity index (χ0) is 17.6. The van der Waals surface area contributed by atoms with Gasteiger partial charge in [-0.25, -0.2) is 4.98 Å². The summed E-state index contributed by atoms with van der Waals surface area (Å²) in [6.45, 7) is 5.58. The van der Waals surface area contributed by atoms with Crippen molar-refractivity contribution in [2.24, 2.45) is 0 Å². The van der Waals surface area contributed by atoms with Gasteiger partial charge in [0.05, 0.1) is 17.5 Å². The second kappa shape index (κ2) is 6.38. The van der Waals surface area contributed by atoms with Crippen LogP contribution in [0.4, 0.5) is 11.8 Å². The Morgan fingerprint density at radius 2 is 1.96 bits per heavy atom. The smallest absolute Gasteiger partial charge is 0.227 e. The van der Waals surface area contributed by atoms with E-state index in [-0.39, 0.29) is 6.04 Å². The number of rotatable bonds is 4. The molecule has 7 heteroatoms. The molecule has 1 saturated carbocycles. The minimum absolute atomic E-state index is 0.0475. The van der Waals surface area contributed by atoms with E-state index in [0.29, 0.717) is 17.6 Å². The van der Waals surface area contributed by atoms with E-state index in [1.165, 1.54) is 19.3 Å². The summed E-state index contributed by atoms with van der Waals surface area (Å²) in [4.78, 5) is 16.2. The van der Waals surface area contributed by atoms with Crippen molar-refractivity contribution in [3.63, 3.8) is 0 Å². The third-order valence-electron chi connectivity index (χ3n) is 5.45. The predicted octanol–water partition coefficient (Wildman–Crippen LogP) is 1.69. The van der Waals surface area contributed by atoms with Gasteiger partial charge < -0.3 is 15.7 Å². The van der Waals surface area contributed by atoms with Gasteiger partial charge in [-0.2, -0.15) is 9.97 Å². The van der Waals surface area contributed by atoms with Crippen LogP contribution in [0.25, 0.3) is 11.0 Å². The van der Waals surface area contributed by atoms with E-state index in [4.69, 9.17) is 0 Å². The Morgan fingerprint density at radius 3 is 2.64 bits per heavy atom. The molecule has 3 heterocycles.